The molecule has 0 aromatic carbocycles. The Balaban J connectivity index is 1.74. The molecule has 96 valence electrons. The van der Waals surface area contributed by atoms with E-state index >= 15 is 0 Å². The zero-order chi connectivity index (χ0) is 13.0. The van der Waals surface area contributed by atoms with Crippen molar-refractivity contribution in [3.8, 4) is 0 Å². The Morgan fingerprint density at radius 3 is 2.89 bits per heavy atom. The highest BCUT2D eigenvalue weighted by Gasteiger charge is 2.07. The summed E-state index contributed by atoms with van der Waals surface area (Å²) in [5, 5.41) is 13.7. The average molecular weight is 299 g/mol. The number of nitrogens with zero attached hydrogens (tertiary/aromatic N) is 2. The Labute approximate surface area is 118 Å². The molecule has 4 nitrogen and oxygen atoms in total. The molecule has 7 heteroatoms. The van der Waals surface area contributed by atoms with Gasteiger partial charge in [-0.2, -0.15) is 0 Å². The van der Waals surface area contributed by atoms with Crippen LogP contribution < -0.4 is 5.32 Å². The van der Waals surface area contributed by atoms with Crippen LogP contribution in [0.3, 0.4) is 0 Å². The van der Waals surface area contributed by atoms with Gasteiger partial charge in [-0.1, -0.05) is 23.1 Å². The van der Waals surface area contributed by atoms with Crippen LogP contribution in [0.25, 0.3) is 0 Å². The molecular formula is C11H13N3OS3. The first-order valence-electron chi connectivity index (χ1n) is 5.37. The molecule has 2 rings (SSSR count). The number of thiophene rings is 1. The number of hydrogen-bond donors (Lipinski definition) is 1. The van der Waals surface area contributed by atoms with Gasteiger partial charge in [-0.05, 0) is 30.9 Å². The smallest absolute Gasteiger partial charge is 0.230 e. The van der Waals surface area contributed by atoms with E-state index in [1.807, 2.05) is 12.3 Å². The van der Waals surface area contributed by atoms with Gasteiger partial charge in [0.2, 0.25) is 5.91 Å². The largest absolute Gasteiger partial charge is 0.350 e. The predicted molar refractivity (Wildman–Crippen MR) is 76.3 cm³/mol. The molecule has 0 atom stereocenters. The van der Waals surface area contributed by atoms with Crippen LogP contribution in [0, 0.1) is 13.8 Å². The summed E-state index contributed by atoms with van der Waals surface area (Å²) < 4.78 is 0.843. The highest BCUT2D eigenvalue weighted by atomic mass is 32.2. The number of carbonyl (C=O) groups is 1. The van der Waals surface area contributed by atoms with Crippen molar-refractivity contribution in [2.24, 2.45) is 0 Å². The van der Waals surface area contributed by atoms with E-state index in [4.69, 9.17) is 0 Å². The quantitative estimate of drug-likeness (QED) is 0.862. The van der Waals surface area contributed by atoms with Gasteiger partial charge in [0.1, 0.15) is 5.01 Å². The second-order valence-electron chi connectivity index (χ2n) is 3.68. The number of rotatable bonds is 5. The number of carbonyl (C=O) groups excluding carboxylic acids is 1. The minimum atomic E-state index is 0.0284. The predicted octanol–water partition coefficient (Wildman–Crippen LogP) is 2.62. The van der Waals surface area contributed by atoms with Crippen LogP contribution in [0.15, 0.2) is 15.8 Å². The van der Waals surface area contributed by atoms with Crippen molar-refractivity contribution in [1.82, 2.24) is 15.5 Å². The Morgan fingerprint density at radius 2 is 2.28 bits per heavy atom. The molecule has 0 spiro atoms. The fraction of sp³-hybridized carbons (Fsp3) is 0.364. The summed E-state index contributed by atoms with van der Waals surface area (Å²) >= 11 is 4.61. The van der Waals surface area contributed by atoms with Crippen molar-refractivity contribution in [3.63, 3.8) is 0 Å². The maximum atomic E-state index is 11.7. The summed E-state index contributed by atoms with van der Waals surface area (Å²) in [4.78, 5) is 12.9. The standard InChI is InChI=1S/C11H13N3OS3/c1-7-3-4-16-9(7)5-12-10(15)6-17-11-14-13-8(2)18-11/h3-4H,5-6H2,1-2H3,(H,12,15). The van der Waals surface area contributed by atoms with Crippen LogP contribution in [-0.2, 0) is 11.3 Å². The van der Waals surface area contributed by atoms with Crippen LogP contribution in [0.1, 0.15) is 15.4 Å². The lowest BCUT2D eigenvalue weighted by molar-refractivity contribution is -0.118. The molecule has 0 aliphatic rings. The molecular weight excluding hydrogens is 286 g/mol. The summed E-state index contributed by atoms with van der Waals surface area (Å²) in [6.07, 6.45) is 0. The highest BCUT2D eigenvalue weighted by molar-refractivity contribution is 8.01. The van der Waals surface area contributed by atoms with Gasteiger partial charge in [-0.3, -0.25) is 4.79 Å². The minimum Gasteiger partial charge on any atom is -0.350 e. The average Bonchev–Trinajstić information content (AvgIpc) is 2.93. The molecule has 0 unspecified atom stereocenters. The SMILES string of the molecule is Cc1nnc(SCC(=O)NCc2sccc2C)s1. The first-order chi connectivity index (χ1) is 8.65. The summed E-state index contributed by atoms with van der Waals surface area (Å²) in [5.74, 6) is 0.416. The Morgan fingerprint density at radius 1 is 1.44 bits per heavy atom. The molecule has 0 bridgehead atoms. The number of aryl methyl sites for hydroxylation is 2. The number of thioether (sulfide) groups is 1. The van der Waals surface area contributed by atoms with Crippen molar-refractivity contribution in [2.75, 3.05) is 5.75 Å². The van der Waals surface area contributed by atoms with Crippen molar-refractivity contribution in [1.29, 1.82) is 0 Å². The van der Waals surface area contributed by atoms with Crippen molar-refractivity contribution >= 4 is 40.3 Å². The molecule has 0 radical (unpaired) electrons. The van der Waals surface area contributed by atoms with E-state index in [2.05, 4.69) is 28.5 Å². The molecule has 0 saturated carbocycles. The van der Waals surface area contributed by atoms with E-state index in [0.717, 1.165) is 9.35 Å². The van der Waals surface area contributed by atoms with Crippen LogP contribution >= 0.6 is 34.4 Å². The van der Waals surface area contributed by atoms with Gasteiger partial charge in [0.05, 0.1) is 12.3 Å². The molecule has 0 aliphatic carbocycles. The molecule has 2 aromatic rings. The number of amides is 1. The van der Waals surface area contributed by atoms with Gasteiger partial charge in [0.15, 0.2) is 4.34 Å². The maximum absolute atomic E-state index is 11.7. The second kappa shape index (κ2) is 6.31. The molecule has 1 N–H and O–H groups in total. The number of nitrogens with one attached hydrogen (secondary N) is 1. The lowest BCUT2D eigenvalue weighted by atomic mass is 10.3. The maximum Gasteiger partial charge on any atom is 0.230 e. The van der Waals surface area contributed by atoms with Crippen molar-refractivity contribution in [2.45, 2.75) is 24.7 Å². The van der Waals surface area contributed by atoms with Gasteiger partial charge in [0, 0.05) is 4.88 Å². The van der Waals surface area contributed by atoms with E-state index in [0.29, 0.717) is 12.3 Å². The van der Waals surface area contributed by atoms with Crippen LogP contribution in [-0.4, -0.2) is 21.9 Å². The third-order valence-corrected chi connectivity index (χ3v) is 5.24. The molecule has 18 heavy (non-hydrogen) atoms. The van der Waals surface area contributed by atoms with Crippen molar-refractivity contribution < 1.29 is 4.79 Å². The Hall–Kier alpha value is -0.920. The molecule has 0 aliphatic heterocycles. The monoisotopic (exact) mass is 299 g/mol. The van der Waals surface area contributed by atoms with E-state index in [-0.39, 0.29) is 5.91 Å². The third kappa shape index (κ3) is 3.79. The lowest BCUT2D eigenvalue weighted by Crippen LogP contribution is -2.24. The summed E-state index contributed by atoms with van der Waals surface area (Å²) in [5.41, 5.74) is 1.23. The van der Waals surface area contributed by atoms with E-state index in [1.165, 1.54) is 33.5 Å². The van der Waals surface area contributed by atoms with Gasteiger partial charge >= 0.3 is 0 Å². The topological polar surface area (TPSA) is 54.9 Å². The van der Waals surface area contributed by atoms with Gasteiger partial charge in [-0.25, -0.2) is 0 Å². The van der Waals surface area contributed by atoms with Gasteiger partial charge < -0.3 is 5.32 Å². The summed E-state index contributed by atoms with van der Waals surface area (Å²) in [6, 6.07) is 2.06. The summed E-state index contributed by atoms with van der Waals surface area (Å²) in [6.45, 7) is 4.57. The second-order valence-corrected chi connectivity index (χ2v) is 7.08. The van der Waals surface area contributed by atoms with E-state index in [9.17, 15) is 4.79 Å². The Kier molecular flexibility index (Phi) is 4.73. The molecule has 2 aromatic heterocycles. The van der Waals surface area contributed by atoms with Crippen molar-refractivity contribution in [3.05, 3.63) is 26.9 Å². The molecule has 1 amide bonds. The van der Waals surface area contributed by atoms with Crippen LogP contribution in [0.5, 0.6) is 0 Å². The minimum absolute atomic E-state index is 0.0284. The number of aromatic nitrogens is 2. The number of hydrogen-bond acceptors (Lipinski definition) is 6. The summed E-state index contributed by atoms with van der Waals surface area (Å²) in [7, 11) is 0. The molecule has 2 heterocycles. The third-order valence-electron chi connectivity index (χ3n) is 2.25. The molecule has 0 fully saturated rings. The molecule has 0 saturated heterocycles. The van der Waals surface area contributed by atoms with Crippen LogP contribution in [0.4, 0.5) is 0 Å². The van der Waals surface area contributed by atoms with Gasteiger partial charge in [-0.15, -0.1) is 21.5 Å². The first-order valence-corrected chi connectivity index (χ1v) is 8.06. The zero-order valence-electron chi connectivity index (χ0n) is 10.1. The van der Waals surface area contributed by atoms with E-state index in [1.54, 1.807) is 11.3 Å². The fourth-order valence-electron chi connectivity index (χ4n) is 1.28. The zero-order valence-corrected chi connectivity index (χ0v) is 12.5. The van der Waals surface area contributed by atoms with Gasteiger partial charge in [0.25, 0.3) is 0 Å². The fourth-order valence-corrected chi connectivity index (χ4v) is 3.77. The van der Waals surface area contributed by atoms with Crippen LogP contribution in [0.2, 0.25) is 0 Å². The normalized spacial score (nSPS) is 10.6. The Bertz CT molecular complexity index is 535. The van der Waals surface area contributed by atoms with E-state index < -0.39 is 0 Å². The highest BCUT2D eigenvalue weighted by Crippen LogP contribution is 2.21. The lowest BCUT2D eigenvalue weighted by Gasteiger charge is -2.03. The first kappa shape index (κ1) is 13.5.